The van der Waals surface area contributed by atoms with Crippen molar-refractivity contribution < 1.29 is 0 Å². The maximum absolute atomic E-state index is 4.17. The zero-order valence-electron chi connectivity index (χ0n) is 10.9. The van der Waals surface area contributed by atoms with E-state index in [1.54, 1.807) is 11.3 Å². The number of H-pyrrole nitrogens is 1. The molecule has 0 aliphatic rings. The molecule has 0 aliphatic heterocycles. The van der Waals surface area contributed by atoms with Crippen LogP contribution in [-0.2, 0) is 6.54 Å². The SMILES string of the molecule is Cc1sc(Br)cc1-c1[nH]ncc1CNCC(C)C. The number of nitrogens with zero attached hydrogens (tertiary/aromatic N) is 1. The lowest BCUT2D eigenvalue weighted by molar-refractivity contribution is 0.553. The smallest absolute Gasteiger partial charge is 0.0708 e. The minimum absolute atomic E-state index is 0.664. The predicted molar refractivity (Wildman–Crippen MR) is 80.9 cm³/mol. The summed E-state index contributed by atoms with van der Waals surface area (Å²) in [6.07, 6.45) is 1.91. The zero-order chi connectivity index (χ0) is 13.1. The molecule has 2 rings (SSSR count). The third-order valence-corrected chi connectivity index (χ3v) is 4.30. The number of thiophene rings is 1. The van der Waals surface area contributed by atoms with E-state index in [0.717, 1.165) is 22.6 Å². The van der Waals surface area contributed by atoms with E-state index in [1.807, 2.05) is 6.20 Å². The number of nitrogens with one attached hydrogen (secondary N) is 2. The molecule has 0 radical (unpaired) electrons. The highest BCUT2D eigenvalue weighted by Crippen LogP contribution is 2.34. The van der Waals surface area contributed by atoms with Crippen LogP contribution in [0.4, 0.5) is 0 Å². The van der Waals surface area contributed by atoms with E-state index >= 15 is 0 Å². The van der Waals surface area contributed by atoms with Crippen LogP contribution in [0.25, 0.3) is 11.3 Å². The Hall–Kier alpha value is -0.650. The van der Waals surface area contributed by atoms with Gasteiger partial charge in [0.15, 0.2) is 0 Å². The van der Waals surface area contributed by atoms with E-state index in [9.17, 15) is 0 Å². The molecule has 0 aliphatic carbocycles. The number of aryl methyl sites for hydroxylation is 1. The highest BCUT2D eigenvalue weighted by molar-refractivity contribution is 9.11. The minimum atomic E-state index is 0.664. The fourth-order valence-corrected chi connectivity index (χ4v) is 3.57. The summed E-state index contributed by atoms with van der Waals surface area (Å²) >= 11 is 5.29. The first-order valence-electron chi connectivity index (χ1n) is 6.07. The highest BCUT2D eigenvalue weighted by Gasteiger charge is 2.12. The Balaban J connectivity index is 2.15. The van der Waals surface area contributed by atoms with E-state index < -0.39 is 0 Å². The first kappa shape index (κ1) is 13.8. The molecule has 18 heavy (non-hydrogen) atoms. The molecule has 0 atom stereocenters. The van der Waals surface area contributed by atoms with Crippen molar-refractivity contribution in [2.45, 2.75) is 27.3 Å². The molecule has 0 saturated heterocycles. The van der Waals surface area contributed by atoms with Gasteiger partial charge in [-0.05, 0) is 41.4 Å². The Morgan fingerprint density at radius 2 is 2.28 bits per heavy atom. The van der Waals surface area contributed by atoms with Crippen molar-refractivity contribution in [2.24, 2.45) is 5.92 Å². The quantitative estimate of drug-likeness (QED) is 0.872. The van der Waals surface area contributed by atoms with Gasteiger partial charge >= 0.3 is 0 Å². The van der Waals surface area contributed by atoms with E-state index in [4.69, 9.17) is 0 Å². The lowest BCUT2D eigenvalue weighted by Gasteiger charge is -2.07. The Morgan fingerprint density at radius 1 is 1.50 bits per heavy atom. The summed E-state index contributed by atoms with van der Waals surface area (Å²) in [6.45, 7) is 8.44. The van der Waals surface area contributed by atoms with Gasteiger partial charge in [-0.1, -0.05) is 13.8 Å². The van der Waals surface area contributed by atoms with Gasteiger partial charge in [0.25, 0.3) is 0 Å². The third-order valence-electron chi connectivity index (χ3n) is 2.74. The molecule has 5 heteroatoms. The van der Waals surface area contributed by atoms with Crippen LogP contribution in [0.15, 0.2) is 16.0 Å². The van der Waals surface area contributed by atoms with Gasteiger partial charge in [-0.25, -0.2) is 0 Å². The minimum Gasteiger partial charge on any atom is -0.312 e. The van der Waals surface area contributed by atoms with Crippen LogP contribution in [0.3, 0.4) is 0 Å². The maximum atomic E-state index is 4.17. The van der Waals surface area contributed by atoms with Crippen molar-refractivity contribution in [1.82, 2.24) is 15.5 Å². The third kappa shape index (κ3) is 3.22. The number of aromatic nitrogens is 2. The summed E-state index contributed by atoms with van der Waals surface area (Å²) in [5.74, 6) is 0.664. The lowest BCUT2D eigenvalue weighted by atomic mass is 10.1. The van der Waals surface area contributed by atoms with Gasteiger partial charge in [0, 0.05) is 22.5 Å². The van der Waals surface area contributed by atoms with Crippen molar-refractivity contribution in [3.05, 3.63) is 26.5 Å². The Kier molecular flexibility index (Phi) is 4.59. The monoisotopic (exact) mass is 327 g/mol. The number of halogens is 1. The summed E-state index contributed by atoms with van der Waals surface area (Å²) in [5.41, 5.74) is 3.60. The Morgan fingerprint density at radius 3 is 2.89 bits per heavy atom. The molecule has 0 spiro atoms. The van der Waals surface area contributed by atoms with Crippen LogP contribution in [-0.4, -0.2) is 16.7 Å². The molecular formula is C13H18BrN3S. The molecule has 0 saturated carbocycles. The second-order valence-corrected chi connectivity index (χ2v) is 7.45. The molecule has 2 N–H and O–H groups in total. The van der Waals surface area contributed by atoms with Gasteiger partial charge < -0.3 is 5.32 Å². The van der Waals surface area contributed by atoms with Gasteiger partial charge in [0.1, 0.15) is 0 Å². The molecule has 0 aromatic carbocycles. The normalized spacial score (nSPS) is 11.4. The maximum Gasteiger partial charge on any atom is 0.0708 e. The molecule has 2 aromatic heterocycles. The van der Waals surface area contributed by atoms with Gasteiger partial charge in [-0.15, -0.1) is 11.3 Å². The standard InChI is InChI=1S/C13H18BrN3S/c1-8(2)5-15-6-10-7-16-17-13(10)11-4-12(14)18-9(11)3/h4,7-8,15H,5-6H2,1-3H3,(H,16,17). The summed E-state index contributed by atoms with van der Waals surface area (Å²) < 4.78 is 1.16. The topological polar surface area (TPSA) is 40.7 Å². The Bertz CT molecular complexity index is 516. The van der Waals surface area contributed by atoms with Crippen molar-refractivity contribution in [1.29, 1.82) is 0 Å². The van der Waals surface area contributed by atoms with Crippen LogP contribution < -0.4 is 5.32 Å². The molecule has 3 nitrogen and oxygen atoms in total. The lowest BCUT2D eigenvalue weighted by Crippen LogP contribution is -2.19. The van der Waals surface area contributed by atoms with E-state index in [-0.39, 0.29) is 0 Å². The van der Waals surface area contributed by atoms with E-state index in [0.29, 0.717) is 5.92 Å². The molecule has 98 valence electrons. The molecule has 0 bridgehead atoms. The molecule has 2 aromatic rings. The first-order valence-corrected chi connectivity index (χ1v) is 7.68. The number of hydrogen-bond donors (Lipinski definition) is 2. The van der Waals surface area contributed by atoms with Crippen LogP contribution in [0.1, 0.15) is 24.3 Å². The molecule has 0 fully saturated rings. The van der Waals surface area contributed by atoms with Crippen LogP contribution in [0.5, 0.6) is 0 Å². The largest absolute Gasteiger partial charge is 0.312 e. The predicted octanol–water partition coefficient (Wildman–Crippen LogP) is 3.95. The van der Waals surface area contributed by atoms with E-state index in [2.05, 4.69) is 58.3 Å². The fraction of sp³-hybridized carbons (Fsp3) is 0.462. The number of hydrogen-bond acceptors (Lipinski definition) is 3. The van der Waals surface area contributed by atoms with Gasteiger partial charge in [0.05, 0.1) is 15.7 Å². The summed E-state index contributed by atoms with van der Waals surface area (Å²) in [6, 6.07) is 2.15. The average molecular weight is 328 g/mol. The number of rotatable bonds is 5. The van der Waals surface area contributed by atoms with Crippen molar-refractivity contribution >= 4 is 27.3 Å². The van der Waals surface area contributed by atoms with Gasteiger partial charge in [-0.2, -0.15) is 5.10 Å². The second-order valence-electron chi connectivity index (χ2n) is 4.82. The molecule has 0 amide bonds. The average Bonchev–Trinajstić information content (AvgIpc) is 2.84. The summed E-state index contributed by atoms with van der Waals surface area (Å²) in [7, 11) is 0. The van der Waals surface area contributed by atoms with Crippen molar-refractivity contribution in [3.8, 4) is 11.3 Å². The van der Waals surface area contributed by atoms with Crippen molar-refractivity contribution in [2.75, 3.05) is 6.54 Å². The number of aromatic amines is 1. The Labute approximate surface area is 120 Å². The summed E-state index contributed by atoms with van der Waals surface area (Å²) in [4.78, 5) is 1.30. The van der Waals surface area contributed by atoms with Gasteiger partial charge in [-0.3, -0.25) is 5.10 Å². The van der Waals surface area contributed by atoms with Crippen LogP contribution in [0, 0.1) is 12.8 Å². The highest BCUT2D eigenvalue weighted by atomic mass is 79.9. The second kappa shape index (κ2) is 5.99. The van der Waals surface area contributed by atoms with E-state index in [1.165, 1.54) is 16.0 Å². The van der Waals surface area contributed by atoms with Crippen molar-refractivity contribution in [3.63, 3.8) is 0 Å². The molecule has 0 unspecified atom stereocenters. The first-order chi connectivity index (χ1) is 8.58. The van der Waals surface area contributed by atoms with Crippen LogP contribution in [0.2, 0.25) is 0 Å². The zero-order valence-corrected chi connectivity index (χ0v) is 13.3. The fourth-order valence-electron chi connectivity index (χ4n) is 1.87. The molecule has 2 heterocycles. The van der Waals surface area contributed by atoms with Gasteiger partial charge in [0.2, 0.25) is 0 Å². The molecular weight excluding hydrogens is 310 g/mol. The summed E-state index contributed by atoms with van der Waals surface area (Å²) in [5, 5.41) is 10.7. The van der Waals surface area contributed by atoms with Crippen LogP contribution >= 0.6 is 27.3 Å².